The molecule has 2 aromatic heterocycles. The topological polar surface area (TPSA) is 66.9 Å². The summed E-state index contributed by atoms with van der Waals surface area (Å²) in [5.41, 5.74) is 0.633. The quantitative estimate of drug-likeness (QED) is 0.554. The molecule has 1 aromatic carbocycles. The van der Waals surface area contributed by atoms with E-state index in [-0.39, 0.29) is 5.56 Å². The Morgan fingerprint density at radius 1 is 1.18 bits per heavy atom. The van der Waals surface area contributed by atoms with Crippen molar-refractivity contribution in [1.82, 2.24) is 14.7 Å². The molecule has 28 heavy (non-hydrogen) atoms. The molecular formula is C18H15F3N4OS2. The molecule has 0 unspecified atom stereocenters. The molecule has 2 heterocycles. The highest BCUT2D eigenvalue weighted by atomic mass is 32.2. The summed E-state index contributed by atoms with van der Waals surface area (Å²) in [4.78, 5) is 22.0. The summed E-state index contributed by atoms with van der Waals surface area (Å²) in [6.45, 7) is 0.529. The van der Waals surface area contributed by atoms with Crippen molar-refractivity contribution in [1.29, 1.82) is 0 Å². The summed E-state index contributed by atoms with van der Waals surface area (Å²) in [7, 11) is 0. The summed E-state index contributed by atoms with van der Waals surface area (Å²) in [5.74, 6) is -0.528. The highest BCUT2D eigenvalue weighted by Crippen LogP contribution is 2.31. The molecule has 0 saturated carbocycles. The first-order valence-electron chi connectivity index (χ1n) is 8.04. The standard InChI is InChI=1S/C18H15F3N4OS2/c1-27-23-10-14-15(13-4-2-3-9-22-13)24-17(28-14)25-16(26)11-5-7-12(8-6-11)18(19,20)21/h2-9,23H,10H2,1H3,(H,24,25,26). The van der Waals surface area contributed by atoms with Crippen LogP contribution < -0.4 is 10.0 Å². The molecule has 0 aliphatic heterocycles. The fraction of sp³-hybridized carbons (Fsp3) is 0.167. The minimum atomic E-state index is -4.44. The summed E-state index contributed by atoms with van der Waals surface area (Å²) in [5, 5.41) is 3.00. The zero-order valence-corrected chi connectivity index (χ0v) is 16.2. The fourth-order valence-corrected chi connectivity index (χ4v) is 3.63. The summed E-state index contributed by atoms with van der Waals surface area (Å²) in [6.07, 6.45) is -0.892. The largest absolute Gasteiger partial charge is 0.416 e. The van der Waals surface area contributed by atoms with Crippen LogP contribution in [-0.2, 0) is 12.7 Å². The summed E-state index contributed by atoms with van der Waals surface area (Å²) >= 11 is 2.74. The lowest BCUT2D eigenvalue weighted by molar-refractivity contribution is -0.137. The van der Waals surface area contributed by atoms with Crippen LogP contribution in [0, 0.1) is 0 Å². The maximum atomic E-state index is 12.7. The van der Waals surface area contributed by atoms with E-state index in [4.69, 9.17) is 0 Å². The smallest absolute Gasteiger partial charge is 0.298 e. The number of hydrogen-bond acceptors (Lipinski definition) is 6. The van der Waals surface area contributed by atoms with E-state index in [1.165, 1.54) is 23.3 Å². The van der Waals surface area contributed by atoms with E-state index in [1.54, 1.807) is 12.3 Å². The Morgan fingerprint density at radius 2 is 1.93 bits per heavy atom. The molecule has 2 N–H and O–H groups in total. The van der Waals surface area contributed by atoms with Gasteiger partial charge < -0.3 is 0 Å². The van der Waals surface area contributed by atoms with Crippen LogP contribution in [0.3, 0.4) is 0 Å². The Labute approximate surface area is 167 Å². The van der Waals surface area contributed by atoms with Gasteiger partial charge in [-0.05, 0) is 42.7 Å². The second-order valence-electron chi connectivity index (χ2n) is 5.56. The Bertz CT molecular complexity index is 944. The van der Waals surface area contributed by atoms with Crippen LogP contribution in [0.4, 0.5) is 18.3 Å². The molecule has 0 aliphatic rings. The predicted octanol–water partition coefficient (Wildman–Crippen LogP) is 4.84. The van der Waals surface area contributed by atoms with Gasteiger partial charge >= 0.3 is 6.18 Å². The molecule has 0 aliphatic carbocycles. The molecule has 0 radical (unpaired) electrons. The normalized spacial score (nSPS) is 11.4. The van der Waals surface area contributed by atoms with Crippen LogP contribution in [0.1, 0.15) is 20.8 Å². The van der Waals surface area contributed by atoms with Crippen LogP contribution in [-0.4, -0.2) is 22.1 Å². The lowest BCUT2D eigenvalue weighted by Gasteiger charge is -2.07. The van der Waals surface area contributed by atoms with Crippen molar-refractivity contribution in [3.05, 3.63) is 64.7 Å². The van der Waals surface area contributed by atoms with Crippen molar-refractivity contribution in [2.24, 2.45) is 0 Å². The molecule has 10 heteroatoms. The summed E-state index contributed by atoms with van der Waals surface area (Å²) < 4.78 is 41.1. The average molecular weight is 424 g/mol. The number of anilines is 1. The number of nitrogens with zero attached hydrogens (tertiary/aromatic N) is 2. The monoisotopic (exact) mass is 424 g/mol. The summed E-state index contributed by atoms with van der Waals surface area (Å²) in [6, 6.07) is 9.49. The second-order valence-corrected chi connectivity index (χ2v) is 7.34. The van der Waals surface area contributed by atoms with Crippen molar-refractivity contribution in [2.45, 2.75) is 12.7 Å². The van der Waals surface area contributed by atoms with Gasteiger partial charge in [0.05, 0.1) is 16.1 Å². The number of halogens is 3. The van der Waals surface area contributed by atoms with Crippen LogP contribution in [0.2, 0.25) is 0 Å². The van der Waals surface area contributed by atoms with Crippen LogP contribution in [0.15, 0.2) is 48.7 Å². The third-order valence-corrected chi connectivity index (χ3v) is 5.08. The third-order valence-electron chi connectivity index (χ3n) is 3.68. The van der Waals surface area contributed by atoms with Crippen LogP contribution in [0.5, 0.6) is 0 Å². The van der Waals surface area contributed by atoms with Crippen molar-refractivity contribution in [2.75, 3.05) is 11.6 Å². The molecule has 0 saturated heterocycles. The molecule has 3 rings (SSSR count). The van der Waals surface area contributed by atoms with E-state index < -0.39 is 17.6 Å². The number of carbonyl (C=O) groups excluding carboxylic acids is 1. The van der Waals surface area contributed by atoms with Gasteiger partial charge in [0.2, 0.25) is 0 Å². The number of benzene rings is 1. The first kappa shape index (κ1) is 20.3. The molecule has 3 aromatic rings. The van der Waals surface area contributed by atoms with Crippen molar-refractivity contribution in [3.8, 4) is 11.4 Å². The Balaban J connectivity index is 1.81. The Hall–Kier alpha value is -2.43. The number of nitrogens with one attached hydrogen (secondary N) is 2. The second kappa shape index (κ2) is 8.72. The molecule has 0 spiro atoms. The average Bonchev–Trinajstić information content (AvgIpc) is 3.09. The van der Waals surface area contributed by atoms with E-state index in [9.17, 15) is 18.0 Å². The number of alkyl halides is 3. The highest BCUT2D eigenvalue weighted by molar-refractivity contribution is 7.96. The van der Waals surface area contributed by atoms with Crippen LogP contribution >= 0.6 is 23.3 Å². The number of pyridine rings is 1. The number of hydrogen-bond donors (Lipinski definition) is 2. The fourth-order valence-electron chi connectivity index (χ4n) is 2.35. The van der Waals surface area contributed by atoms with Gasteiger partial charge in [-0.1, -0.05) is 29.4 Å². The maximum absolute atomic E-state index is 12.7. The number of amides is 1. The zero-order valence-electron chi connectivity index (χ0n) is 14.6. The predicted molar refractivity (Wildman–Crippen MR) is 105 cm³/mol. The van der Waals surface area contributed by atoms with Gasteiger partial charge in [0.25, 0.3) is 5.91 Å². The molecular weight excluding hydrogens is 409 g/mol. The minimum Gasteiger partial charge on any atom is -0.298 e. The Morgan fingerprint density at radius 3 is 2.54 bits per heavy atom. The minimum absolute atomic E-state index is 0.117. The number of carbonyl (C=O) groups is 1. The van der Waals surface area contributed by atoms with E-state index in [0.29, 0.717) is 23.1 Å². The lowest BCUT2D eigenvalue weighted by atomic mass is 10.1. The lowest BCUT2D eigenvalue weighted by Crippen LogP contribution is -2.12. The first-order chi connectivity index (χ1) is 13.4. The first-order valence-corrected chi connectivity index (χ1v) is 10.1. The van der Waals surface area contributed by atoms with E-state index in [1.807, 2.05) is 18.4 Å². The molecule has 0 fully saturated rings. The Kier molecular flexibility index (Phi) is 6.32. The van der Waals surface area contributed by atoms with Crippen molar-refractivity contribution < 1.29 is 18.0 Å². The molecule has 1 amide bonds. The maximum Gasteiger partial charge on any atom is 0.416 e. The molecule has 5 nitrogen and oxygen atoms in total. The number of rotatable bonds is 6. The molecule has 0 bridgehead atoms. The van der Waals surface area contributed by atoms with E-state index in [2.05, 4.69) is 20.0 Å². The van der Waals surface area contributed by atoms with Crippen molar-refractivity contribution in [3.63, 3.8) is 0 Å². The van der Waals surface area contributed by atoms with Gasteiger partial charge in [-0.25, -0.2) is 4.98 Å². The van der Waals surface area contributed by atoms with Gasteiger partial charge in [-0.3, -0.25) is 19.8 Å². The van der Waals surface area contributed by atoms with Crippen molar-refractivity contribution >= 4 is 34.3 Å². The third kappa shape index (κ3) is 4.89. The zero-order chi connectivity index (χ0) is 20.1. The highest BCUT2D eigenvalue weighted by Gasteiger charge is 2.30. The number of aromatic nitrogens is 2. The molecule has 146 valence electrons. The van der Waals surface area contributed by atoms with Gasteiger partial charge in [0.15, 0.2) is 5.13 Å². The van der Waals surface area contributed by atoms with Gasteiger partial charge in [0, 0.05) is 18.3 Å². The van der Waals surface area contributed by atoms with Gasteiger partial charge in [-0.2, -0.15) is 13.2 Å². The molecule has 0 atom stereocenters. The van der Waals surface area contributed by atoms with Gasteiger partial charge in [-0.15, -0.1) is 0 Å². The van der Waals surface area contributed by atoms with E-state index >= 15 is 0 Å². The number of thiazole rings is 1. The van der Waals surface area contributed by atoms with E-state index in [0.717, 1.165) is 29.1 Å². The van der Waals surface area contributed by atoms with Gasteiger partial charge in [0.1, 0.15) is 5.69 Å². The van der Waals surface area contributed by atoms with Crippen LogP contribution in [0.25, 0.3) is 11.4 Å². The SMILES string of the molecule is CSNCc1sc(NC(=O)c2ccc(C(F)(F)F)cc2)nc1-c1ccccn1.